The third-order valence-electron chi connectivity index (χ3n) is 3.33. The first kappa shape index (κ1) is 20.7. The van der Waals surface area contributed by atoms with Crippen LogP contribution in [0.4, 0.5) is 0 Å². The average molecular weight is 459 g/mol. The van der Waals surface area contributed by atoms with E-state index < -0.39 is 5.60 Å². The maximum atomic E-state index is 12.2. The molecule has 0 spiro atoms. The lowest BCUT2D eigenvalue weighted by molar-refractivity contribution is 0.00695. The molecule has 0 amide bonds. The van der Waals surface area contributed by atoms with Crippen molar-refractivity contribution in [2.75, 3.05) is 0 Å². The van der Waals surface area contributed by atoms with Gasteiger partial charge in [0.25, 0.3) is 5.56 Å². The number of alkyl halides is 1. The van der Waals surface area contributed by atoms with Gasteiger partial charge in [0, 0.05) is 11.5 Å². The van der Waals surface area contributed by atoms with Crippen LogP contribution >= 0.6 is 39.1 Å². The van der Waals surface area contributed by atoms with Gasteiger partial charge in [-0.25, -0.2) is 4.79 Å². The van der Waals surface area contributed by atoms with E-state index in [0.717, 1.165) is 5.56 Å². The normalized spacial score (nSPS) is 11.8. The average Bonchev–Trinajstić information content (AvgIpc) is 2.55. The summed E-state index contributed by atoms with van der Waals surface area (Å²) in [5.41, 5.74) is 0.964. The molecule has 1 heterocycles. The van der Waals surface area contributed by atoms with Gasteiger partial charge in [-0.05, 0) is 50.6 Å². The highest BCUT2D eigenvalue weighted by Gasteiger charge is 2.17. The van der Waals surface area contributed by atoms with Gasteiger partial charge < -0.3 is 4.74 Å². The molecule has 26 heavy (non-hydrogen) atoms. The lowest BCUT2D eigenvalue weighted by atomic mass is 10.1. The number of hydrogen-bond donors (Lipinski definition) is 0. The number of hydrogen-bond acceptors (Lipinski definition) is 3. The molecule has 2 rings (SSSR count). The first-order valence-electron chi connectivity index (χ1n) is 7.79. The minimum atomic E-state index is -0.547. The molecular formula is C19H18BrCl2NO3. The Morgan fingerprint density at radius 1 is 1.19 bits per heavy atom. The second-order valence-corrected chi connectivity index (χ2v) is 7.91. The van der Waals surface area contributed by atoms with E-state index in [1.54, 1.807) is 36.5 Å². The zero-order valence-corrected chi connectivity index (χ0v) is 17.7. The summed E-state index contributed by atoms with van der Waals surface area (Å²) in [6.07, 6.45) is 3.33. The van der Waals surface area contributed by atoms with E-state index in [4.69, 9.17) is 27.9 Å². The molecule has 0 aliphatic heterocycles. The van der Waals surface area contributed by atoms with Gasteiger partial charge in [-0.1, -0.05) is 51.3 Å². The maximum absolute atomic E-state index is 12.2. The number of carbonyl (C=O) groups excluding carboxylic acids is 1. The third kappa shape index (κ3) is 5.22. The summed E-state index contributed by atoms with van der Waals surface area (Å²) in [5, 5.41) is 0.848. The highest BCUT2D eigenvalue weighted by atomic mass is 79.9. The van der Waals surface area contributed by atoms with E-state index in [0.29, 0.717) is 21.6 Å². The van der Waals surface area contributed by atoms with Crippen molar-refractivity contribution in [2.45, 2.75) is 31.7 Å². The Balaban J connectivity index is 2.28. The van der Waals surface area contributed by atoms with Crippen LogP contribution in [0.3, 0.4) is 0 Å². The highest BCUT2D eigenvalue weighted by molar-refractivity contribution is 9.08. The number of halogens is 3. The fourth-order valence-corrected chi connectivity index (χ4v) is 3.38. The Morgan fingerprint density at radius 3 is 2.35 bits per heavy atom. The molecule has 0 saturated carbocycles. The molecule has 2 aromatic rings. The smallest absolute Gasteiger partial charge is 0.338 e. The summed E-state index contributed by atoms with van der Waals surface area (Å²) in [6.45, 7) is 5.45. The number of rotatable bonds is 4. The molecule has 0 atom stereocenters. The molecule has 0 saturated heterocycles. The Bertz CT molecular complexity index is 897. The Hall–Kier alpha value is -1.56. The second-order valence-electron chi connectivity index (χ2n) is 6.54. The van der Waals surface area contributed by atoms with E-state index in [2.05, 4.69) is 15.9 Å². The van der Waals surface area contributed by atoms with Gasteiger partial charge in [0.1, 0.15) is 10.6 Å². The molecule has 7 heteroatoms. The zero-order valence-electron chi connectivity index (χ0n) is 14.6. The molecule has 1 aromatic carbocycles. The van der Waals surface area contributed by atoms with Crippen molar-refractivity contribution >= 4 is 57.4 Å². The van der Waals surface area contributed by atoms with Crippen LogP contribution < -0.4 is 5.56 Å². The number of carbonyl (C=O) groups is 1. The molecule has 1 aromatic heterocycles. The fraction of sp³-hybridized carbons (Fsp3) is 0.263. The van der Waals surface area contributed by atoms with Crippen molar-refractivity contribution in [3.05, 3.63) is 67.6 Å². The molecule has 0 unspecified atom stereocenters. The Morgan fingerprint density at radius 2 is 1.81 bits per heavy atom. The van der Waals surface area contributed by atoms with Crippen molar-refractivity contribution in [1.82, 2.24) is 4.57 Å². The lowest BCUT2D eigenvalue weighted by Gasteiger charge is -2.19. The first-order chi connectivity index (χ1) is 12.1. The number of benzene rings is 1. The zero-order chi connectivity index (χ0) is 19.5. The second kappa shape index (κ2) is 8.42. The van der Waals surface area contributed by atoms with E-state index in [1.807, 2.05) is 20.8 Å². The SMILES string of the molecule is CC(C)(C)OC(=O)c1ccc(/C=C/n2c(CBr)c(Cl)cc(Cl)c2=O)cc1. The highest BCUT2D eigenvalue weighted by Crippen LogP contribution is 2.21. The standard InChI is InChI=1S/C19H18BrCl2NO3/c1-19(2,3)26-18(25)13-6-4-12(5-7-13)8-9-23-16(11-20)14(21)10-15(22)17(23)24/h4-10H,11H2,1-3H3/b9-8+. The number of aromatic nitrogens is 1. The molecule has 0 aliphatic rings. The quantitative estimate of drug-likeness (QED) is 0.440. The predicted octanol–water partition coefficient (Wildman–Crippen LogP) is 5.63. The van der Waals surface area contributed by atoms with Crippen molar-refractivity contribution in [3.8, 4) is 0 Å². The molecular weight excluding hydrogens is 441 g/mol. The minimum absolute atomic E-state index is 0.0459. The molecule has 0 bridgehead atoms. The van der Waals surface area contributed by atoms with Gasteiger partial charge in [-0.15, -0.1) is 0 Å². The molecule has 138 valence electrons. The van der Waals surface area contributed by atoms with Crippen LogP contribution in [-0.2, 0) is 10.1 Å². The van der Waals surface area contributed by atoms with Crippen LogP contribution in [0.1, 0.15) is 42.4 Å². The van der Waals surface area contributed by atoms with Gasteiger partial charge in [0.05, 0.1) is 16.3 Å². The number of esters is 1. The minimum Gasteiger partial charge on any atom is -0.456 e. The van der Waals surface area contributed by atoms with E-state index >= 15 is 0 Å². The summed E-state index contributed by atoms with van der Waals surface area (Å²) in [6, 6.07) is 8.31. The molecule has 0 radical (unpaired) electrons. The van der Waals surface area contributed by atoms with Crippen LogP contribution in [-0.4, -0.2) is 16.1 Å². The molecule has 4 nitrogen and oxygen atoms in total. The van der Waals surface area contributed by atoms with Crippen LogP contribution in [0.15, 0.2) is 35.1 Å². The maximum Gasteiger partial charge on any atom is 0.338 e. The van der Waals surface area contributed by atoms with Crippen LogP contribution in [0.5, 0.6) is 0 Å². The topological polar surface area (TPSA) is 48.3 Å². The summed E-state index contributed by atoms with van der Waals surface area (Å²) in [7, 11) is 0. The van der Waals surface area contributed by atoms with Gasteiger partial charge >= 0.3 is 5.97 Å². The van der Waals surface area contributed by atoms with Gasteiger partial charge in [-0.2, -0.15) is 0 Å². The summed E-state index contributed by atoms with van der Waals surface area (Å²) < 4.78 is 6.72. The fourth-order valence-electron chi connectivity index (χ4n) is 2.12. The summed E-state index contributed by atoms with van der Waals surface area (Å²) in [4.78, 5) is 24.3. The first-order valence-corrected chi connectivity index (χ1v) is 9.67. The Labute approximate surface area is 170 Å². The van der Waals surface area contributed by atoms with Crippen LogP contribution in [0.25, 0.3) is 12.3 Å². The van der Waals surface area contributed by atoms with Crippen molar-refractivity contribution in [3.63, 3.8) is 0 Å². The van der Waals surface area contributed by atoms with E-state index in [1.165, 1.54) is 10.6 Å². The van der Waals surface area contributed by atoms with Crippen molar-refractivity contribution < 1.29 is 9.53 Å². The largest absolute Gasteiger partial charge is 0.456 e. The summed E-state index contributed by atoms with van der Waals surface area (Å²) >= 11 is 15.4. The lowest BCUT2D eigenvalue weighted by Crippen LogP contribution is -2.23. The molecule has 0 aliphatic carbocycles. The van der Waals surface area contributed by atoms with Gasteiger partial charge in [0.15, 0.2) is 0 Å². The Kier molecular flexibility index (Phi) is 6.72. The van der Waals surface area contributed by atoms with E-state index in [-0.39, 0.29) is 16.6 Å². The van der Waals surface area contributed by atoms with Crippen LogP contribution in [0, 0.1) is 0 Å². The van der Waals surface area contributed by atoms with Crippen molar-refractivity contribution in [1.29, 1.82) is 0 Å². The predicted molar refractivity (Wildman–Crippen MR) is 110 cm³/mol. The summed E-state index contributed by atoms with van der Waals surface area (Å²) in [5.74, 6) is -0.382. The molecule has 0 fully saturated rings. The van der Waals surface area contributed by atoms with Gasteiger partial charge in [-0.3, -0.25) is 9.36 Å². The third-order valence-corrected chi connectivity index (χ3v) is 4.46. The van der Waals surface area contributed by atoms with Gasteiger partial charge in [0.2, 0.25) is 0 Å². The number of ether oxygens (including phenoxy) is 1. The molecule has 0 N–H and O–H groups in total. The van der Waals surface area contributed by atoms with Crippen molar-refractivity contribution in [2.24, 2.45) is 0 Å². The monoisotopic (exact) mass is 457 g/mol. The van der Waals surface area contributed by atoms with E-state index in [9.17, 15) is 9.59 Å². The number of nitrogens with zero attached hydrogens (tertiary/aromatic N) is 1. The number of pyridine rings is 1. The van der Waals surface area contributed by atoms with Crippen LogP contribution in [0.2, 0.25) is 10.0 Å².